The number of hydrogen-bond acceptors (Lipinski definition) is 32. The molecule has 0 spiro atoms. The van der Waals surface area contributed by atoms with E-state index in [1.807, 2.05) is 0 Å². The molecule has 36 heteroatoms. The fourth-order valence-electron chi connectivity index (χ4n) is 6.47. The molecule has 36 nitrogen and oxygen atoms in total. The molecule has 0 aliphatic heterocycles. The minimum atomic E-state index is -1.73. The molecule has 4 N–H and O–H groups in total. The van der Waals surface area contributed by atoms with E-state index in [1.165, 1.54) is 28.4 Å². The van der Waals surface area contributed by atoms with Crippen molar-refractivity contribution < 1.29 is 152 Å². The normalized spacial score (nSPS) is 10.8. The van der Waals surface area contributed by atoms with Crippen LogP contribution in [-0.4, -0.2) is 283 Å². The Hall–Kier alpha value is -7.74. The first-order chi connectivity index (χ1) is 40.9. The summed E-state index contributed by atoms with van der Waals surface area (Å²) in [5.41, 5.74) is -3.46. The summed E-state index contributed by atoms with van der Waals surface area (Å²) in [6.07, 6.45) is -3.33. The monoisotopic (exact) mass is 1250 g/mol. The van der Waals surface area contributed by atoms with E-state index in [2.05, 4.69) is 68.6 Å². The minimum absolute atomic E-state index is 0.0308. The number of amides is 4. The maximum Gasteiger partial charge on any atom is 0.331 e. The first-order valence-electron chi connectivity index (χ1n) is 25.4. The van der Waals surface area contributed by atoms with Crippen LogP contribution in [0.2, 0.25) is 0 Å². The van der Waals surface area contributed by atoms with Crippen LogP contribution in [0.25, 0.3) is 0 Å². The van der Waals surface area contributed by atoms with Crippen LogP contribution < -0.4 is 21.3 Å². The Morgan fingerprint density at radius 3 is 0.628 bits per heavy atom. The lowest BCUT2D eigenvalue weighted by Crippen LogP contribution is -2.54. The Balaban J connectivity index is 0. The molecule has 492 valence electrons. The smallest absolute Gasteiger partial charge is 0.331 e. The molecule has 0 aliphatic rings. The van der Waals surface area contributed by atoms with E-state index in [-0.39, 0.29) is 92.5 Å². The third kappa shape index (κ3) is 41.3. The number of ether oxygens (including phenoxy) is 18. The molecule has 0 fully saturated rings. The lowest BCUT2D eigenvalue weighted by molar-refractivity contribution is -0.153. The highest BCUT2D eigenvalue weighted by Gasteiger charge is 2.42. The van der Waals surface area contributed by atoms with E-state index < -0.39 is 158 Å². The lowest BCUT2D eigenvalue weighted by Gasteiger charge is -2.32. The summed E-state index contributed by atoms with van der Waals surface area (Å²) in [7, 11) is 11.3. The number of hydrogen-bond donors (Lipinski definition) is 4. The summed E-state index contributed by atoms with van der Waals surface area (Å²) in [5, 5.41) is 10.0. The molecule has 0 aromatic heterocycles. The summed E-state index contributed by atoms with van der Waals surface area (Å²) in [6.45, 7) is -4.22. The van der Waals surface area contributed by atoms with Crippen molar-refractivity contribution in [3.8, 4) is 0 Å². The second kappa shape index (κ2) is 48.5. The standard InChI is InChI=1S/C26H40N2O16.C24H40N2O16/c1-37-19(31)9-25(10-20(32)38-2,11-21(33)39-3)27-17(29)15-43-7-8-44-16-18(30)28-26(12-22(34)40-4,13-23(35)41-5)14-24(36)42-6;1-33-21(29)13-39-7-17(8-40-14-22(30)34-2)25-19(27)11-37-5-6-38-12-20(28)26-18(9-41-15-23(31)35-3)10-42-16-24(32)36-4/h7-16H2,1-6H3,(H,27,29)(H,28,30);17-18H,5-16H2,1-4H3,(H,25,27)(H,26,28). The van der Waals surface area contributed by atoms with E-state index in [0.29, 0.717) is 0 Å². The van der Waals surface area contributed by atoms with Crippen molar-refractivity contribution in [2.75, 3.05) is 177 Å². The van der Waals surface area contributed by atoms with Crippen LogP contribution in [0, 0.1) is 0 Å². The van der Waals surface area contributed by atoms with Gasteiger partial charge in [0.05, 0.1) is 186 Å². The SMILES string of the molecule is COC(=O)CC(CC(=O)OC)(CC(=O)OC)NC(=O)COCCOCC(=O)NC(CC(=O)OC)(CC(=O)OC)CC(=O)OC.COC(=O)COCC(COCC(=O)OC)NC(=O)COCCOCC(=O)NC(COCC(=O)OC)COCC(=O)OC. The number of nitrogens with one attached hydrogen (secondary N) is 4. The van der Waals surface area contributed by atoms with Crippen LogP contribution in [0.5, 0.6) is 0 Å². The molecule has 0 aromatic rings. The maximum absolute atomic E-state index is 12.6. The third-order valence-corrected chi connectivity index (χ3v) is 10.5. The van der Waals surface area contributed by atoms with Gasteiger partial charge in [-0.25, -0.2) is 19.2 Å². The van der Waals surface area contributed by atoms with E-state index in [0.717, 1.165) is 42.7 Å². The van der Waals surface area contributed by atoms with Crippen LogP contribution in [0.4, 0.5) is 0 Å². The van der Waals surface area contributed by atoms with Crippen molar-refractivity contribution in [2.45, 2.75) is 61.7 Å². The van der Waals surface area contributed by atoms with Crippen LogP contribution >= 0.6 is 0 Å². The molecule has 4 amide bonds. The minimum Gasteiger partial charge on any atom is -0.469 e. The first-order valence-corrected chi connectivity index (χ1v) is 25.4. The topological polar surface area (TPSA) is 453 Å². The van der Waals surface area contributed by atoms with E-state index in [9.17, 15) is 67.1 Å². The van der Waals surface area contributed by atoms with E-state index >= 15 is 0 Å². The van der Waals surface area contributed by atoms with Crippen LogP contribution in [0.3, 0.4) is 0 Å². The second-order valence-electron chi connectivity index (χ2n) is 17.3. The molecular formula is C50H80N4O32. The zero-order valence-corrected chi connectivity index (χ0v) is 49.8. The molecule has 0 rings (SSSR count). The highest BCUT2D eigenvalue weighted by atomic mass is 16.6. The van der Waals surface area contributed by atoms with Crippen LogP contribution in [0.1, 0.15) is 38.5 Å². The second-order valence-corrected chi connectivity index (χ2v) is 17.3. The van der Waals surface area contributed by atoms with Gasteiger partial charge in [0.1, 0.15) is 52.9 Å². The summed E-state index contributed by atoms with van der Waals surface area (Å²) in [4.78, 5) is 166. The van der Waals surface area contributed by atoms with Crippen molar-refractivity contribution in [2.24, 2.45) is 0 Å². The van der Waals surface area contributed by atoms with Crippen molar-refractivity contribution in [1.29, 1.82) is 0 Å². The average Bonchev–Trinajstić information content (AvgIpc) is 2.00. The average molecular weight is 1250 g/mol. The Kier molecular flexibility index (Phi) is 45.3. The number of esters is 10. The maximum atomic E-state index is 12.6. The van der Waals surface area contributed by atoms with Gasteiger partial charge in [0.15, 0.2) is 0 Å². The molecular weight excluding hydrogens is 1170 g/mol. The molecule has 0 bridgehead atoms. The van der Waals surface area contributed by atoms with Gasteiger partial charge in [-0.05, 0) is 0 Å². The Morgan fingerprint density at radius 2 is 0.442 bits per heavy atom. The van der Waals surface area contributed by atoms with Gasteiger partial charge in [-0.3, -0.25) is 47.9 Å². The summed E-state index contributed by atoms with van der Waals surface area (Å²) < 4.78 is 87.2. The van der Waals surface area contributed by atoms with E-state index in [4.69, 9.17) is 37.9 Å². The molecule has 0 radical (unpaired) electrons. The van der Waals surface area contributed by atoms with Gasteiger partial charge in [0, 0.05) is 0 Å². The number of carbonyl (C=O) groups excluding carboxylic acids is 14. The molecule has 0 atom stereocenters. The summed E-state index contributed by atoms with van der Waals surface area (Å²) in [5.74, 6) is -10.1. The molecule has 0 aliphatic carbocycles. The number of carbonyl (C=O) groups is 14. The van der Waals surface area contributed by atoms with Gasteiger partial charge in [0.2, 0.25) is 23.6 Å². The van der Waals surface area contributed by atoms with Crippen LogP contribution in [0.15, 0.2) is 0 Å². The Morgan fingerprint density at radius 1 is 0.256 bits per heavy atom. The van der Waals surface area contributed by atoms with Gasteiger partial charge in [-0.1, -0.05) is 0 Å². The van der Waals surface area contributed by atoms with Crippen LogP contribution in [-0.2, 0) is 152 Å². The lowest BCUT2D eigenvalue weighted by atomic mass is 9.87. The first kappa shape index (κ1) is 80.3. The third-order valence-electron chi connectivity index (χ3n) is 10.5. The van der Waals surface area contributed by atoms with Crippen molar-refractivity contribution in [3.63, 3.8) is 0 Å². The zero-order valence-electron chi connectivity index (χ0n) is 49.8. The quantitative estimate of drug-likeness (QED) is 0.0251. The van der Waals surface area contributed by atoms with Gasteiger partial charge < -0.3 is 107 Å². The molecule has 0 saturated carbocycles. The summed E-state index contributed by atoms with van der Waals surface area (Å²) in [6, 6.07) is -1.42. The molecule has 0 saturated heterocycles. The Labute approximate surface area is 494 Å². The number of methoxy groups -OCH3 is 10. The Bertz CT molecular complexity index is 1860. The predicted octanol–water partition coefficient (Wildman–Crippen LogP) is -5.14. The molecule has 86 heavy (non-hydrogen) atoms. The predicted molar refractivity (Wildman–Crippen MR) is 280 cm³/mol. The van der Waals surface area contributed by atoms with Gasteiger partial charge in [-0.15, -0.1) is 0 Å². The van der Waals surface area contributed by atoms with Gasteiger partial charge in [-0.2, -0.15) is 0 Å². The highest BCUT2D eigenvalue weighted by molar-refractivity contribution is 5.86. The van der Waals surface area contributed by atoms with Gasteiger partial charge >= 0.3 is 59.7 Å². The zero-order chi connectivity index (χ0) is 65.4. The fraction of sp³-hybridized carbons (Fsp3) is 0.720. The molecule has 0 heterocycles. The largest absolute Gasteiger partial charge is 0.469 e. The van der Waals surface area contributed by atoms with Crippen molar-refractivity contribution >= 4 is 83.3 Å². The van der Waals surface area contributed by atoms with E-state index in [1.54, 1.807) is 0 Å². The molecule has 0 unspecified atom stereocenters. The molecule has 0 aromatic carbocycles. The fourth-order valence-corrected chi connectivity index (χ4v) is 6.47. The van der Waals surface area contributed by atoms with Crippen molar-refractivity contribution in [3.05, 3.63) is 0 Å². The number of rotatable bonds is 46. The van der Waals surface area contributed by atoms with Crippen molar-refractivity contribution in [1.82, 2.24) is 21.3 Å². The van der Waals surface area contributed by atoms with Gasteiger partial charge in [0.25, 0.3) is 0 Å². The highest BCUT2D eigenvalue weighted by Crippen LogP contribution is 2.24. The summed E-state index contributed by atoms with van der Waals surface area (Å²) >= 11 is 0.